The summed E-state index contributed by atoms with van der Waals surface area (Å²) in [6.07, 6.45) is 0.866. The molecule has 1 rings (SSSR count). The molecule has 1 saturated heterocycles. The van der Waals surface area contributed by atoms with Crippen LogP contribution in [0.25, 0.3) is 0 Å². The molecule has 1 aliphatic heterocycles. The molecule has 2 nitrogen and oxygen atoms in total. The number of likely N-dealkylation sites (tertiary alicyclic amines) is 1. The van der Waals surface area contributed by atoms with E-state index >= 15 is 0 Å². The number of alkyl halides is 3. The van der Waals surface area contributed by atoms with Crippen molar-refractivity contribution in [1.29, 1.82) is 0 Å². The van der Waals surface area contributed by atoms with Gasteiger partial charge in [-0.25, -0.2) is 0 Å². The van der Waals surface area contributed by atoms with Gasteiger partial charge in [0.1, 0.15) is 6.04 Å². The minimum absolute atomic E-state index is 0.0174. The van der Waals surface area contributed by atoms with Crippen LogP contribution in [0.1, 0.15) is 38.5 Å². The fourth-order valence-corrected chi connectivity index (χ4v) is 2.29. The normalized spacial score (nSPS) is 22.5. The van der Waals surface area contributed by atoms with Crippen LogP contribution < -0.4 is 5.73 Å². The van der Waals surface area contributed by atoms with Gasteiger partial charge in [-0.05, 0) is 38.9 Å². The van der Waals surface area contributed by atoms with Crippen molar-refractivity contribution >= 4 is 0 Å². The van der Waals surface area contributed by atoms with Crippen molar-refractivity contribution in [3.05, 3.63) is 0 Å². The van der Waals surface area contributed by atoms with E-state index in [-0.39, 0.29) is 13.0 Å². The van der Waals surface area contributed by atoms with E-state index in [0.29, 0.717) is 13.1 Å². The Morgan fingerprint density at radius 1 is 1.00 bits per heavy atom. The van der Waals surface area contributed by atoms with Gasteiger partial charge in [-0.3, -0.25) is 4.90 Å². The van der Waals surface area contributed by atoms with Crippen LogP contribution in [-0.2, 0) is 0 Å². The molecule has 1 aliphatic rings. The summed E-state index contributed by atoms with van der Waals surface area (Å²) in [5, 5.41) is 0. The van der Waals surface area contributed by atoms with Crippen molar-refractivity contribution in [1.82, 2.24) is 4.90 Å². The fourth-order valence-electron chi connectivity index (χ4n) is 2.29. The molecule has 2 N–H and O–H groups in total. The molecule has 0 bridgehead atoms. The predicted octanol–water partition coefficient (Wildman–Crippen LogP) is 2.53. The van der Waals surface area contributed by atoms with Gasteiger partial charge in [-0.1, -0.05) is 19.3 Å². The molecule has 1 atom stereocenters. The molecule has 0 radical (unpaired) electrons. The van der Waals surface area contributed by atoms with Crippen LogP contribution in [0.5, 0.6) is 0 Å². The molecule has 1 fully saturated rings. The van der Waals surface area contributed by atoms with E-state index in [1.807, 2.05) is 0 Å². The highest BCUT2D eigenvalue weighted by molar-refractivity contribution is 4.80. The molecule has 0 aliphatic carbocycles. The lowest BCUT2D eigenvalue weighted by Crippen LogP contribution is -2.48. The molecule has 0 saturated carbocycles. The molecule has 16 heavy (non-hydrogen) atoms. The average molecular weight is 238 g/mol. The second-order valence-corrected chi connectivity index (χ2v) is 4.44. The maximum absolute atomic E-state index is 12.8. The third-order valence-corrected chi connectivity index (χ3v) is 3.15. The fraction of sp³-hybridized carbons (Fsp3) is 1.00. The second-order valence-electron chi connectivity index (χ2n) is 4.44. The Morgan fingerprint density at radius 3 is 1.94 bits per heavy atom. The van der Waals surface area contributed by atoms with Crippen LogP contribution in [-0.4, -0.2) is 36.8 Å². The lowest BCUT2D eigenvalue weighted by atomic mass is 10.1. The molecule has 0 aromatic rings. The summed E-state index contributed by atoms with van der Waals surface area (Å²) < 4.78 is 38.5. The highest BCUT2D eigenvalue weighted by Crippen LogP contribution is 2.28. The van der Waals surface area contributed by atoms with Crippen LogP contribution in [0.3, 0.4) is 0 Å². The standard InChI is InChI=1S/C11H21F3N2/c12-11(13,14)10(6-7-15)16-8-4-2-1-3-5-9-16/h10H,1-9,15H2. The van der Waals surface area contributed by atoms with E-state index < -0.39 is 12.2 Å². The van der Waals surface area contributed by atoms with Crippen molar-refractivity contribution < 1.29 is 13.2 Å². The lowest BCUT2D eigenvalue weighted by Gasteiger charge is -2.34. The number of rotatable bonds is 3. The number of hydrogen-bond donors (Lipinski definition) is 1. The van der Waals surface area contributed by atoms with Crippen molar-refractivity contribution in [2.75, 3.05) is 19.6 Å². The SMILES string of the molecule is NCCC(N1CCCCCCC1)C(F)(F)F. The zero-order valence-corrected chi connectivity index (χ0v) is 9.60. The van der Waals surface area contributed by atoms with Gasteiger partial charge in [0, 0.05) is 0 Å². The Morgan fingerprint density at radius 2 is 1.50 bits per heavy atom. The summed E-state index contributed by atoms with van der Waals surface area (Å²) >= 11 is 0. The van der Waals surface area contributed by atoms with Gasteiger partial charge < -0.3 is 5.73 Å². The van der Waals surface area contributed by atoms with E-state index in [0.717, 1.165) is 32.1 Å². The first kappa shape index (κ1) is 13.8. The monoisotopic (exact) mass is 238 g/mol. The van der Waals surface area contributed by atoms with Crippen molar-refractivity contribution in [2.24, 2.45) is 5.73 Å². The van der Waals surface area contributed by atoms with E-state index in [9.17, 15) is 13.2 Å². The second kappa shape index (κ2) is 6.45. The molecule has 96 valence electrons. The topological polar surface area (TPSA) is 29.3 Å². The first-order chi connectivity index (χ1) is 7.55. The quantitative estimate of drug-likeness (QED) is 0.818. The van der Waals surface area contributed by atoms with Crippen molar-refractivity contribution in [2.45, 2.75) is 50.7 Å². The van der Waals surface area contributed by atoms with Crippen LogP contribution >= 0.6 is 0 Å². The van der Waals surface area contributed by atoms with Gasteiger partial charge in [0.15, 0.2) is 0 Å². The van der Waals surface area contributed by atoms with Crippen LogP contribution in [0, 0.1) is 0 Å². The van der Waals surface area contributed by atoms with Crippen LogP contribution in [0.4, 0.5) is 13.2 Å². The minimum Gasteiger partial charge on any atom is -0.330 e. The molecular formula is C11H21F3N2. The van der Waals surface area contributed by atoms with Crippen LogP contribution in [0.15, 0.2) is 0 Å². The third kappa shape index (κ3) is 4.29. The Kier molecular flexibility index (Phi) is 5.55. The van der Waals surface area contributed by atoms with E-state index in [4.69, 9.17) is 5.73 Å². The van der Waals surface area contributed by atoms with Crippen molar-refractivity contribution in [3.8, 4) is 0 Å². The summed E-state index contributed by atoms with van der Waals surface area (Å²) in [6.45, 7) is 1.22. The maximum atomic E-state index is 12.8. The average Bonchev–Trinajstić information content (AvgIpc) is 2.13. The summed E-state index contributed by atoms with van der Waals surface area (Å²) in [4.78, 5) is 1.58. The highest BCUT2D eigenvalue weighted by Gasteiger charge is 2.42. The van der Waals surface area contributed by atoms with Gasteiger partial charge in [-0.2, -0.15) is 13.2 Å². The Balaban J connectivity index is 2.59. The van der Waals surface area contributed by atoms with Crippen LogP contribution in [0.2, 0.25) is 0 Å². The van der Waals surface area contributed by atoms with E-state index in [1.165, 1.54) is 0 Å². The largest absolute Gasteiger partial charge is 0.404 e. The molecule has 0 amide bonds. The van der Waals surface area contributed by atoms with Gasteiger partial charge in [0.05, 0.1) is 0 Å². The van der Waals surface area contributed by atoms with Crippen molar-refractivity contribution in [3.63, 3.8) is 0 Å². The molecule has 1 unspecified atom stereocenters. The minimum atomic E-state index is -4.14. The zero-order chi connectivity index (χ0) is 12.0. The zero-order valence-electron chi connectivity index (χ0n) is 9.60. The first-order valence-electron chi connectivity index (χ1n) is 6.06. The number of halogens is 3. The maximum Gasteiger partial charge on any atom is 0.404 e. The lowest BCUT2D eigenvalue weighted by molar-refractivity contribution is -0.185. The number of nitrogens with zero attached hydrogens (tertiary/aromatic N) is 1. The van der Waals surface area contributed by atoms with Gasteiger partial charge >= 0.3 is 6.18 Å². The Hall–Kier alpha value is -0.290. The van der Waals surface area contributed by atoms with Gasteiger partial charge in [0.2, 0.25) is 0 Å². The molecule has 0 aromatic heterocycles. The number of hydrogen-bond acceptors (Lipinski definition) is 2. The summed E-state index contributed by atoms with van der Waals surface area (Å²) in [5.74, 6) is 0. The summed E-state index contributed by atoms with van der Waals surface area (Å²) in [6, 6.07) is -1.34. The van der Waals surface area contributed by atoms with E-state index in [2.05, 4.69) is 0 Å². The predicted molar refractivity (Wildman–Crippen MR) is 58.2 cm³/mol. The molecule has 1 heterocycles. The Bertz CT molecular complexity index is 186. The molecular weight excluding hydrogens is 217 g/mol. The first-order valence-corrected chi connectivity index (χ1v) is 6.06. The van der Waals surface area contributed by atoms with E-state index in [1.54, 1.807) is 4.90 Å². The third-order valence-electron chi connectivity index (χ3n) is 3.15. The molecule has 0 spiro atoms. The summed E-state index contributed by atoms with van der Waals surface area (Å²) in [7, 11) is 0. The van der Waals surface area contributed by atoms with Gasteiger partial charge in [-0.15, -0.1) is 0 Å². The smallest absolute Gasteiger partial charge is 0.330 e. The summed E-state index contributed by atoms with van der Waals surface area (Å²) in [5.41, 5.74) is 5.28. The highest BCUT2D eigenvalue weighted by atomic mass is 19.4. The molecule has 0 aromatic carbocycles. The van der Waals surface area contributed by atoms with Gasteiger partial charge in [0.25, 0.3) is 0 Å². The molecule has 5 heteroatoms. The number of nitrogens with two attached hydrogens (primary N) is 1. The Labute approximate surface area is 95.0 Å².